The summed E-state index contributed by atoms with van der Waals surface area (Å²) in [4.78, 5) is 13.5. The zero-order valence-electron chi connectivity index (χ0n) is 8.91. The molecule has 0 bridgehead atoms. The molecule has 1 atom stereocenters. The lowest BCUT2D eigenvalue weighted by Gasteiger charge is -2.24. The average Bonchev–Trinajstić information content (AvgIpc) is 2.81. The summed E-state index contributed by atoms with van der Waals surface area (Å²) in [6.07, 6.45) is 2.26. The summed E-state index contributed by atoms with van der Waals surface area (Å²) < 4.78 is 10.7. The van der Waals surface area contributed by atoms with Crippen LogP contribution in [0.15, 0.2) is 0 Å². The quantitative estimate of drug-likeness (QED) is 0.714. The molecule has 2 rings (SSSR count). The molecule has 0 aromatic heterocycles. The molecule has 5 heteroatoms. The number of ether oxygens (including phenoxy) is 2. The van der Waals surface area contributed by atoms with Crippen LogP contribution in [0.4, 0.5) is 4.79 Å². The maximum atomic E-state index is 11.6. The van der Waals surface area contributed by atoms with Gasteiger partial charge in [-0.3, -0.25) is 0 Å². The standard InChI is InChI=1S/C10H18N2O3/c13-10(12-3-1-2-4-12)11-7-9-8-14-5-6-15-9/h9H,1-8H2,(H,11,13). The van der Waals surface area contributed by atoms with Crippen molar-refractivity contribution < 1.29 is 14.3 Å². The van der Waals surface area contributed by atoms with Crippen LogP contribution in [0, 0.1) is 0 Å². The van der Waals surface area contributed by atoms with E-state index in [1.807, 2.05) is 4.90 Å². The van der Waals surface area contributed by atoms with E-state index < -0.39 is 0 Å². The molecule has 0 aromatic rings. The van der Waals surface area contributed by atoms with Crippen LogP contribution in [0.3, 0.4) is 0 Å². The van der Waals surface area contributed by atoms with E-state index in [0.717, 1.165) is 25.9 Å². The molecule has 0 radical (unpaired) electrons. The predicted molar refractivity (Wildman–Crippen MR) is 54.8 cm³/mol. The van der Waals surface area contributed by atoms with E-state index in [9.17, 15) is 4.79 Å². The fourth-order valence-electron chi connectivity index (χ4n) is 1.89. The zero-order chi connectivity index (χ0) is 10.5. The van der Waals surface area contributed by atoms with Gasteiger partial charge in [-0.25, -0.2) is 4.79 Å². The number of hydrogen-bond donors (Lipinski definition) is 1. The van der Waals surface area contributed by atoms with Crippen molar-refractivity contribution in [3.05, 3.63) is 0 Å². The van der Waals surface area contributed by atoms with Crippen LogP contribution in [-0.4, -0.2) is 56.5 Å². The third kappa shape index (κ3) is 3.07. The van der Waals surface area contributed by atoms with Gasteiger partial charge in [-0.15, -0.1) is 0 Å². The van der Waals surface area contributed by atoms with E-state index in [4.69, 9.17) is 9.47 Å². The van der Waals surface area contributed by atoms with Gasteiger partial charge in [0.05, 0.1) is 25.9 Å². The molecule has 0 spiro atoms. The largest absolute Gasteiger partial charge is 0.376 e. The number of nitrogens with zero attached hydrogens (tertiary/aromatic N) is 1. The van der Waals surface area contributed by atoms with E-state index in [2.05, 4.69) is 5.32 Å². The number of urea groups is 1. The van der Waals surface area contributed by atoms with Crippen LogP contribution in [0.25, 0.3) is 0 Å². The van der Waals surface area contributed by atoms with Crippen molar-refractivity contribution in [1.29, 1.82) is 0 Å². The van der Waals surface area contributed by atoms with Crippen molar-refractivity contribution in [2.24, 2.45) is 0 Å². The van der Waals surface area contributed by atoms with Crippen LogP contribution >= 0.6 is 0 Å². The van der Waals surface area contributed by atoms with E-state index in [1.54, 1.807) is 0 Å². The first-order valence-corrected chi connectivity index (χ1v) is 5.58. The van der Waals surface area contributed by atoms with Crippen LogP contribution < -0.4 is 5.32 Å². The van der Waals surface area contributed by atoms with Gasteiger partial charge in [0.2, 0.25) is 0 Å². The molecule has 86 valence electrons. The molecule has 0 aliphatic carbocycles. The van der Waals surface area contributed by atoms with Crippen LogP contribution in [-0.2, 0) is 9.47 Å². The average molecular weight is 214 g/mol. The van der Waals surface area contributed by atoms with Gasteiger partial charge in [0.15, 0.2) is 0 Å². The highest BCUT2D eigenvalue weighted by Crippen LogP contribution is 2.07. The highest BCUT2D eigenvalue weighted by Gasteiger charge is 2.20. The summed E-state index contributed by atoms with van der Waals surface area (Å²) in [5.41, 5.74) is 0. The third-order valence-electron chi connectivity index (χ3n) is 2.76. The summed E-state index contributed by atoms with van der Waals surface area (Å²) >= 11 is 0. The second kappa shape index (κ2) is 5.32. The Labute approximate surface area is 89.7 Å². The lowest BCUT2D eigenvalue weighted by Crippen LogP contribution is -2.44. The number of likely N-dealkylation sites (tertiary alicyclic amines) is 1. The third-order valence-corrected chi connectivity index (χ3v) is 2.76. The highest BCUT2D eigenvalue weighted by atomic mass is 16.6. The molecule has 2 amide bonds. The normalized spacial score (nSPS) is 26.7. The van der Waals surface area contributed by atoms with Crippen molar-refractivity contribution in [2.75, 3.05) is 39.5 Å². The SMILES string of the molecule is O=C(NCC1COCCO1)N1CCCC1. The van der Waals surface area contributed by atoms with Gasteiger partial charge < -0.3 is 19.7 Å². The zero-order valence-corrected chi connectivity index (χ0v) is 8.91. The molecular weight excluding hydrogens is 196 g/mol. The molecule has 0 aromatic carbocycles. The van der Waals surface area contributed by atoms with Crippen LogP contribution in [0.2, 0.25) is 0 Å². The summed E-state index contributed by atoms with van der Waals surface area (Å²) in [5, 5.41) is 2.88. The Hall–Kier alpha value is -0.810. The van der Waals surface area contributed by atoms with Crippen molar-refractivity contribution in [1.82, 2.24) is 10.2 Å². The summed E-state index contributed by atoms with van der Waals surface area (Å²) in [6, 6.07) is 0.0293. The van der Waals surface area contributed by atoms with Gasteiger partial charge in [0, 0.05) is 19.6 Å². The minimum absolute atomic E-state index is 0.0188. The van der Waals surface area contributed by atoms with Crippen molar-refractivity contribution >= 4 is 6.03 Å². The fourth-order valence-corrected chi connectivity index (χ4v) is 1.89. The smallest absolute Gasteiger partial charge is 0.317 e. The van der Waals surface area contributed by atoms with E-state index in [0.29, 0.717) is 26.4 Å². The Balaban J connectivity index is 1.65. The van der Waals surface area contributed by atoms with Crippen LogP contribution in [0.5, 0.6) is 0 Å². The van der Waals surface area contributed by atoms with Gasteiger partial charge in [-0.2, -0.15) is 0 Å². The molecule has 1 N–H and O–H groups in total. The Kier molecular flexibility index (Phi) is 3.80. The van der Waals surface area contributed by atoms with Crippen molar-refractivity contribution in [3.8, 4) is 0 Å². The first kappa shape index (κ1) is 10.7. The fraction of sp³-hybridized carbons (Fsp3) is 0.900. The van der Waals surface area contributed by atoms with Gasteiger partial charge >= 0.3 is 6.03 Å². The molecule has 5 nitrogen and oxygen atoms in total. The molecular formula is C10H18N2O3. The topological polar surface area (TPSA) is 50.8 Å². The molecule has 2 heterocycles. The number of nitrogens with one attached hydrogen (secondary N) is 1. The van der Waals surface area contributed by atoms with Crippen LogP contribution in [0.1, 0.15) is 12.8 Å². The van der Waals surface area contributed by atoms with Gasteiger partial charge in [0.1, 0.15) is 0 Å². The van der Waals surface area contributed by atoms with Gasteiger partial charge in [-0.05, 0) is 12.8 Å². The number of carbonyl (C=O) groups excluding carboxylic acids is 1. The lowest BCUT2D eigenvalue weighted by atomic mass is 10.3. The monoisotopic (exact) mass is 214 g/mol. The first-order valence-electron chi connectivity index (χ1n) is 5.58. The minimum atomic E-state index is 0.0188. The molecule has 2 aliphatic rings. The Bertz CT molecular complexity index is 211. The number of amides is 2. The first-order chi connectivity index (χ1) is 7.36. The Morgan fingerprint density at radius 1 is 1.33 bits per heavy atom. The van der Waals surface area contributed by atoms with Crippen molar-refractivity contribution in [2.45, 2.75) is 18.9 Å². The summed E-state index contributed by atoms with van der Waals surface area (Å²) in [6.45, 7) is 4.19. The maximum absolute atomic E-state index is 11.6. The number of hydrogen-bond acceptors (Lipinski definition) is 3. The number of rotatable bonds is 2. The van der Waals surface area contributed by atoms with Gasteiger partial charge in [0.25, 0.3) is 0 Å². The Morgan fingerprint density at radius 2 is 2.13 bits per heavy atom. The molecule has 2 aliphatic heterocycles. The minimum Gasteiger partial charge on any atom is -0.376 e. The van der Waals surface area contributed by atoms with E-state index in [1.165, 1.54) is 0 Å². The highest BCUT2D eigenvalue weighted by molar-refractivity contribution is 5.74. The predicted octanol–water partition coefficient (Wildman–Crippen LogP) is 0.207. The molecule has 15 heavy (non-hydrogen) atoms. The van der Waals surface area contributed by atoms with Crippen molar-refractivity contribution in [3.63, 3.8) is 0 Å². The molecule has 1 unspecified atom stereocenters. The lowest BCUT2D eigenvalue weighted by molar-refractivity contribution is -0.0855. The van der Waals surface area contributed by atoms with E-state index in [-0.39, 0.29) is 12.1 Å². The maximum Gasteiger partial charge on any atom is 0.317 e. The summed E-state index contributed by atoms with van der Waals surface area (Å²) in [7, 11) is 0. The summed E-state index contributed by atoms with van der Waals surface area (Å²) in [5.74, 6) is 0. The second-order valence-corrected chi connectivity index (χ2v) is 3.95. The second-order valence-electron chi connectivity index (χ2n) is 3.95. The van der Waals surface area contributed by atoms with Gasteiger partial charge in [-0.1, -0.05) is 0 Å². The van der Waals surface area contributed by atoms with E-state index >= 15 is 0 Å². The Morgan fingerprint density at radius 3 is 2.80 bits per heavy atom. The molecule has 2 saturated heterocycles. The number of carbonyl (C=O) groups is 1. The molecule has 0 saturated carbocycles. The molecule has 2 fully saturated rings.